The zero-order valence-electron chi connectivity index (χ0n) is 9.58. The van der Waals surface area contributed by atoms with Crippen molar-refractivity contribution in [1.29, 1.82) is 0 Å². The van der Waals surface area contributed by atoms with Gasteiger partial charge in [-0.25, -0.2) is 9.59 Å². The lowest BCUT2D eigenvalue weighted by Gasteiger charge is -2.24. The van der Waals surface area contributed by atoms with Gasteiger partial charge in [0.1, 0.15) is 6.10 Å². The van der Waals surface area contributed by atoms with E-state index in [1.165, 1.54) is 0 Å². The molecule has 1 atom stereocenters. The van der Waals surface area contributed by atoms with E-state index in [0.29, 0.717) is 13.0 Å². The predicted octanol–water partition coefficient (Wildman–Crippen LogP) is 1.31. The Balaban J connectivity index is 2.19. The lowest BCUT2D eigenvalue weighted by atomic mass is 9.96. The van der Waals surface area contributed by atoms with Crippen LogP contribution in [-0.4, -0.2) is 35.5 Å². The molecule has 1 fully saturated rings. The number of ether oxygens (including phenoxy) is 1. The second kappa shape index (κ2) is 5.05. The molecule has 0 radical (unpaired) electrons. The van der Waals surface area contributed by atoms with Crippen LogP contribution in [0.2, 0.25) is 0 Å². The summed E-state index contributed by atoms with van der Waals surface area (Å²) >= 11 is 0. The minimum Gasteiger partial charge on any atom is -0.465 e. The molecule has 2 amide bonds. The lowest BCUT2D eigenvalue weighted by Crippen LogP contribution is -2.42. The monoisotopic (exact) mass is 230 g/mol. The number of carbonyl (C=O) groups excluding carboxylic acids is 1. The second-order valence-electron chi connectivity index (χ2n) is 4.61. The molecule has 6 heteroatoms. The van der Waals surface area contributed by atoms with Crippen molar-refractivity contribution in [3.05, 3.63) is 0 Å². The van der Waals surface area contributed by atoms with E-state index in [1.807, 2.05) is 13.8 Å². The number of hydrogen-bond acceptors (Lipinski definition) is 3. The highest BCUT2D eigenvalue weighted by atomic mass is 16.6. The highest BCUT2D eigenvalue weighted by molar-refractivity contribution is 5.69. The van der Waals surface area contributed by atoms with E-state index in [2.05, 4.69) is 10.6 Å². The zero-order chi connectivity index (χ0) is 12.2. The number of carboxylic acid groups (broad SMARTS) is 1. The number of nitrogens with one attached hydrogen (secondary N) is 2. The first kappa shape index (κ1) is 12.6. The predicted molar refractivity (Wildman–Crippen MR) is 57.4 cm³/mol. The van der Waals surface area contributed by atoms with Crippen molar-refractivity contribution >= 4 is 12.2 Å². The zero-order valence-corrected chi connectivity index (χ0v) is 9.58. The molecule has 92 valence electrons. The van der Waals surface area contributed by atoms with E-state index in [9.17, 15) is 9.59 Å². The Morgan fingerprint density at radius 1 is 1.69 bits per heavy atom. The molecule has 1 saturated heterocycles. The first-order chi connectivity index (χ1) is 7.39. The maximum absolute atomic E-state index is 10.7. The van der Waals surface area contributed by atoms with Crippen molar-refractivity contribution in [3.63, 3.8) is 0 Å². The SMILES string of the molecule is CC(C)(CCCC1CNC(=O)O1)NC(=O)O. The Kier molecular flexibility index (Phi) is 3.98. The van der Waals surface area contributed by atoms with Crippen molar-refractivity contribution in [2.45, 2.75) is 44.8 Å². The minimum absolute atomic E-state index is 0.0758. The van der Waals surface area contributed by atoms with Gasteiger partial charge in [-0.3, -0.25) is 0 Å². The molecule has 6 nitrogen and oxygen atoms in total. The van der Waals surface area contributed by atoms with Gasteiger partial charge >= 0.3 is 12.2 Å². The molecule has 1 aliphatic heterocycles. The molecule has 0 aromatic heterocycles. The molecule has 1 heterocycles. The molecule has 0 saturated carbocycles. The summed E-state index contributed by atoms with van der Waals surface area (Å²) in [5, 5.41) is 13.6. The van der Waals surface area contributed by atoms with Crippen molar-refractivity contribution in [2.75, 3.05) is 6.54 Å². The largest absolute Gasteiger partial charge is 0.465 e. The van der Waals surface area contributed by atoms with Crippen LogP contribution in [0.5, 0.6) is 0 Å². The highest BCUT2D eigenvalue weighted by Crippen LogP contribution is 2.16. The van der Waals surface area contributed by atoms with Crippen LogP contribution in [0.15, 0.2) is 0 Å². The Morgan fingerprint density at radius 3 is 2.88 bits per heavy atom. The highest BCUT2D eigenvalue weighted by Gasteiger charge is 2.24. The Hall–Kier alpha value is -1.46. The molecule has 3 N–H and O–H groups in total. The molecule has 16 heavy (non-hydrogen) atoms. The van der Waals surface area contributed by atoms with Crippen molar-refractivity contribution in [2.24, 2.45) is 0 Å². The molecular weight excluding hydrogens is 212 g/mol. The molecule has 1 rings (SSSR count). The average molecular weight is 230 g/mol. The number of amides is 2. The lowest BCUT2D eigenvalue weighted by molar-refractivity contribution is 0.132. The summed E-state index contributed by atoms with van der Waals surface area (Å²) in [5.74, 6) is 0. The third kappa shape index (κ3) is 4.37. The summed E-state index contributed by atoms with van der Waals surface area (Å²) in [6, 6.07) is 0. The molecule has 1 unspecified atom stereocenters. The fraction of sp³-hybridized carbons (Fsp3) is 0.800. The topological polar surface area (TPSA) is 87.7 Å². The third-order valence-electron chi connectivity index (χ3n) is 2.52. The summed E-state index contributed by atoms with van der Waals surface area (Å²) in [5.41, 5.74) is -0.443. The fourth-order valence-corrected chi connectivity index (χ4v) is 1.72. The van der Waals surface area contributed by atoms with Gasteiger partial charge in [0.05, 0.1) is 6.54 Å². The third-order valence-corrected chi connectivity index (χ3v) is 2.52. The van der Waals surface area contributed by atoms with Crippen LogP contribution < -0.4 is 10.6 Å². The summed E-state index contributed by atoms with van der Waals surface area (Å²) in [6.07, 6.45) is 0.823. The molecule has 0 bridgehead atoms. The van der Waals surface area contributed by atoms with E-state index in [4.69, 9.17) is 9.84 Å². The maximum Gasteiger partial charge on any atom is 0.407 e. The number of hydrogen-bond donors (Lipinski definition) is 3. The molecule has 0 aliphatic carbocycles. The summed E-state index contributed by atoms with van der Waals surface area (Å²) in [7, 11) is 0. The van der Waals surface area contributed by atoms with Gasteiger partial charge in [-0.2, -0.15) is 0 Å². The van der Waals surface area contributed by atoms with Gasteiger partial charge in [0.2, 0.25) is 0 Å². The van der Waals surface area contributed by atoms with Gasteiger partial charge in [-0.15, -0.1) is 0 Å². The van der Waals surface area contributed by atoms with Gasteiger partial charge in [-0.1, -0.05) is 0 Å². The molecular formula is C10H18N2O4. The fourth-order valence-electron chi connectivity index (χ4n) is 1.72. The van der Waals surface area contributed by atoms with Crippen molar-refractivity contribution in [1.82, 2.24) is 10.6 Å². The summed E-state index contributed by atoms with van der Waals surface area (Å²) in [4.78, 5) is 21.2. The number of carbonyl (C=O) groups is 2. The van der Waals surface area contributed by atoms with Crippen molar-refractivity contribution < 1.29 is 19.4 Å². The van der Waals surface area contributed by atoms with Crippen LogP contribution in [0.1, 0.15) is 33.1 Å². The maximum atomic E-state index is 10.7. The molecule has 0 aromatic carbocycles. The van der Waals surface area contributed by atoms with Gasteiger partial charge in [0, 0.05) is 5.54 Å². The van der Waals surface area contributed by atoms with Crippen LogP contribution in [0.4, 0.5) is 9.59 Å². The summed E-state index contributed by atoms with van der Waals surface area (Å²) in [6.45, 7) is 4.21. The minimum atomic E-state index is -1.01. The second-order valence-corrected chi connectivity index (χ2v) is 4.61. The smallest absolute Gasteiger partial charge is 0.407 e. The number of rotatable bonds is 5. The van der Waals surface area contributed by atoms with Crippen LogP contribution in [0, 0.1) is 0 Å². The quantitative estimate of drug-likeness (QED) is 0.664. The Bertz CT molecular complexity index is 278. The average Bonchev–Trinajstić information content (AvgIpc) is 2.48. The van der Waals surface area contributed by atoms with Gasteiger partial charge in [-0.05, 0) is 33.1 Å². The van der Waals surface area contributed by atoms with E-state index >= 15 is 0 Å². The van der Waals surface area contributed by atoms with E-state index in [-0.39, 0.29) is 12.2 Å². The van der Waals surface area contributed by atoms with Crippen LogP contribution in [-0.2, 0) is 4.74 Å². The first-order valence-electron chi connectivity index (χ1n) is 5.35. The van der Waals surface area contributed by atoms with E-state index in [0.717, 1.165) is 12.8 Å². The van der Waals surface area contributed by atoms with Gasteiger partial charge in [0.15, 0.2) is 0 Å². The summed E-state index contributed by atoms with van der Waals surface area (Å²) < 4.78 is 4.97. The van der Waals surface area contributed by atoms with Crippen LogP contribution in [0.3, 0.4) is 0 Å². The van der Waals surface area contributed by atoms with Crippen LogP contribution in [0.25, 0.3) is 0 Å². The Labute approximate surface area is 94.3 Å². The number of alkyl carbamates (subject to hydrolysis) is 1. The Morgan fingerprint density at radius 2 is 2.38 bits per heavy atom. The van der Waals surface area contributed by atoms with Crippen molar-refractivity contribution in [3.8, 4) is 0 Å². The van der Waals surface area contributed by atoms with E-state index < -0.39 is 11.6 Å². The van der Waals surface area contributed by atoms with Crippen LogP contribution >= 0.6 is 0 Å². The number of cyclic esters (lactones) is 1. The first-order valence-corrected chi connectivity index (χ1v) is 5.35. The van der Waals surface area contributed by atoms with E-state index in [1.54, 1.807) is 0 Å². The normalized spacial score (nSPS) is 20.1. The molecule has 1 aliphatic rings. The standard InChI is InChI=1S/C10H18N2O4/c1-10(2,12-8(13)14)5-3-4-7-6-11-9(15)16-7/h7,12H,3-6H2,1-2H3,(H,11,15)(H,13,14). The van der Waals surface area contributed by atoms with Gasteiger partial charge < -0.3 is 20.5 Å². The van der Waals surface area contributed by atoms with Gasteiger partial charge in [0.25, 0.3) is 0 Å². The molecule has 0 aromatic rings. The molecule has 0 spiro atoms.